The molecule has 1 aromatic carbocycles. The Morgan fingerprint density at radius 2 is 2.09 bits per heavy atom. The Balaban J connectivity index is 0.00000161. The summed E-state index contributed by atoms with van der Waals surface area (Å²) in [5.74, 6) is -0.224. The number of ether oxygens (including phenoxy) is 2. The van der Waals surface area contributed by atoms with Crippen molar-refractivity contribution in [1.29, 1.82) is 0 Å². The summed E-state index contributed by atoms with van der Waals surface area (Å²) in [6.07, 6.45) is 1.80. The van der Waals surface area contributed by atoms with Crippen LogP contribution in [0.5, 0.6) is 5.75 Å². The van der Waals surface area contributed by atoms with Crippen LogP contribution in [0, 0.1) is 0 Å². The first-order valence-corrected chi connectivity index (χ1v) is 12.2. The van der Waals surface area contributed by atoms with Gasteiger partial charge in [0.05, 0.1) is 33.8 Å². The first-order valence-electron chi connectivity index (χ1n) is 9.91. The Kier molecular flexibility index (Phi) is 14.7. The fourth-order valence-corrected chi connectivity index (χ4v) is 2.90. The number of halogens is 3. The zero-order valence-corrected chi connectivity index (χ0v) is 19.8. The van der Waals surface area contributed by atoms with Gasteiger partial charge < -0.3 is 14.4 Å². The molecule has 2 atom stereocenters. The molecule has 13 heteroatoms. The normalized spacial score (nSPS) is 16.8. The van der Waals surface area contributed by atoms with Crippen LogP contribution in [0.25, 0.3) is 0 Å². The molecule has 8 nitrogen and oxygen atoms in total. The highest BCUT2D eigenvalue weighted by Gasteiger charge is 2.35. The van der Waals surface area contributed by atoms with Gasteiger partial charge in [0.15, 0.2) is 0 Å². The smallest absolute Gasteiger partial charge is 0.419 e. The second kappa shape index (κ2) is 16.4. The summed E-state index contributed by atoms with van der Waals surface area (Å²) in [4.78, 5) is 12.2. The fraction of sp³-hybridized carbons (Fsp3) is 0.579. The van der Waals surface area contributed by atoms with E-state index in [0.29, 0.717) is 23.8 Å². The van der Waals surface area contributed by atoms with Gasteiger partial charge in [-0.15, -0.1) is 16.9 Å². The molecule has 4 N–H and O–H groups in total. The van der Waals surface area contributed by atoms with Gasteiger partial charge in [-0.25, -0.2) is 0 Å². The van der Waals surface area contributed by atoms with Crippen molar-refractivity contribution in [1.82, 2.24) is 5.48 Å². The summed E-state index contributed by atoms with van der Waals surface area (Å²) < 4.78 is 51.2. The van der Waals surface area contributed by atoms with E-state index in [2.05, 4.69) is 28.1 Å². The third kappa shape index (κ3) is 11.0. The number of unbranched alkanes of at least 4 members (excludes halogenated alkanes) is 2. The van der Waals surface area contributed by atoms with E-state index in [1.165, 1.54) is 17.8 Å². The number of alkyl halides is 3. The fourth-order valence-electron chi connectivity index (χ4n) is 2.41. The molecule has 2 rings (SSSR count). The lowest BCUT2D eigenvalue weighted by Gasteiger charge is -2.22. The second-order valence-electron chi connectivity index (χ2n) is 6.41. The van der Waals surface area contributed by atoms with E-state index < -0.39 is 20.7 Å². The lowest BCUT2D eigenvalue weighted by atomic mass is 10.1. The Labute approximate surface area is 192 Å². The number of hydrogen-bond donors (Lipinski definition) is 3. The summed E-state index contributed by atoms with van der Waals surface area (Å²) in [5, 5.41) is 8.31. The van der Waals surface area contributed by atoms with Crippen molar-refractivity contribution in [2.45, 2.75) is 38.4 Å². The van der Waals surface area contributed by atoms with Crippen molar-refractivity contribution in [2.24, 2.45) is 15.7 Å². The highest BCUT2D eigenvalue weighted by molar-refractivity contribution is 8.13. The largest absolute Gasteiger partial charge is 0.491 e. The molecule has 2 unspecified atom stereocenters. The van der Waals surface area contributed by atoms with E-state index in [4.69, 9.17) is 19.2 Å². The Bertz CT molecular complexity index is 722. The maximum absolute atomic E-state index is 13.5. The minimum Gasteiger partial charge on any atom is -0.491 e. The van der Waals surface area contributed by atoms with Crippen molar-refractivity contribution in [3.63, 3.8) is 0 Å². The van der Waals surface area contributed by atoms with Crippen molar-refractivity contribution >= 4 is 32.0 Å². The summed E-state index contributed by atoms with van der Waals surface area (Å²) in [6, 6.07) is 3.86. The molecule has 1 saturated heterocycles. The van der Waals surface area contributed by atoms with Crippen LogP contribution < -0.4 is 15.7 Å². The predicted molar refractivity (Wildman–Crippen MR) is 123 cm³/mol. The Morgan fingerprint density at radius 3 is 2.66 bits per heavy atom. The third-order valence-corrected chi connectivity index (χ3v) is 4.70. The molecule has 1 heterocycles. The van der Waals surface area contributed by atoms with Crippen LogP contribution in [-0.2, 0) is 15.8 Å². The molecule has 0 saturated carbocycles. The van der Waals surface area contributed by atoms with E-state index in [-0.39, 0.29) is 25.0 Å². The van der Waals surface area contributed by atoms with Crippen LogP contribution in [0.1, 0.15) is 37.3 Å². The van der Waals surface area contributed by atoms with E-state index >= 15 is 0 Å². The van der Waals surface area contributed by atoms with Crippen molar-refractivity contribution in [2.75, 3.05) is 32.7 Å². The molecular weight excluding hydrogens is 468 g/mol. The highest BCUT2D eigenvalue weighted by Crippen LogP contribution is 2.37. The van der Waals surface area contributed by atoms with Gasteiger partial charge >= 0.3 is 6.18 Å². The van der Waals surface area contributed by atoms with E-state index in [9.17, 15) is 13.2 Å². The van der Waals surface area contributed by atoms with Gasteiger partial charge in [0.2, 0.25) is 0 Å². The summed E-state index contributed by atoms with van der Waals surface area (Å²) in [5.41, 5.74) is 6.56. The van der Waals surface area contributed by atoms with E-state index in [0.717, 1.165) is 25.3 Å². The Morgan fingerprint density at radius 1 is 1.38 bits per heavy atom. The van der Waals surface area contributed by atoms with Gasteiger partial charge in [0.1, 0.15) is 17.4 Å². The van der Waals surface area contributed by atoms with Crippen molar-refractivity contribution < 1.29 is 32.4 Å². The molecule has 32 heavy (non-hydrogen) atoms. The summed E-state index contributed by atoms with van der Waals surface area (Å²) in [6.45, 7) is 3.46. The van der Waals surface area contributed by atoms with Gasteiger partial charge in [0.25, 0.3) is 0 Å². The van der Waals surface area contributed by atoms with Crippen molar-refractivity contribution in [3.8, 4) is 5.75 Å². The van der Waals surface area contributed by atoms with Gasteiger partial charge in [-0.1, -0.05) is 19.8 Å². The number of hydrogen-bond acceptors (Lipinski definition) is 9. The number of benzene rings is 1. The molecule has 1 aromatic rings. The molecular formula is C19H30F3N4O4PS. The second-order valence-corrected chi connectivity index (χ2v) is 7.47. The highest BCUT2D eigenvalue weighted by atomic mass is 32.2. The monoisotopic (exact) mass is 498 g/mol. The average Bonchev–Trinajstić information content (AvgIpc) is 2.72. The third-order valence-electron chi connectivity index (χ3n) is 4.00. The van der Waals surface area contributed by atoms with Crippen LogP contribution >= 0.6 is 20.7 Å². The minimum absolute atomic E-state index is 0.0347. The quantitative estimate of drug-likeness (QED) is 0.140. The molecule has 0 bridgehead atoms. The van der Waals surface area contributed by atoms with E-state index in [1.807, 2.05) is 0 Å². The van der Waals surface area contributed by atoms with Gasteiger partial charge in [0, 0.05) is 18.4 Å². The molecule has 0 aliphatic carbocycles. The topological polar surface area (TPSA) is 111 Å². The number of hydroxylamine groups is 1. The SMILES string of the molecule is CCCCCOCCOc1ccc(/C(=N/N=C/C2CON2)SC)cc1C(F)(F)F.NPO. The lowest BCUT2D eigenvalue weighted by molar-refractivity contribution is -0.139. The standard InChI is InChI=1S/C19H26F3N3O3S.H4NOP/c1-3-4-5-8-26-9-10-27-17-7-6-14(11-16(17)19(20,21)22)18(29-2)24-23-12-15-13-28-25-15;1-3-2/h6-7,11-12,15,25H,3-5,8-10,13H2,1-2H3;2-3H,1H2/b23-12+,24-18-;. The first-order chi connectivity index (χ1) is 15.4. The van der Waals surface area contributed by atoms with Crippen LogP contribution in [0.2, 0.25) is 0 Å². The average molecular weight is 499 g/mol. The number of thioether (sulfide) groups is 1. The summed E-state index contributed by atoms with van der Waals surface area (Å²) >= 11 is 1.21. The predicted octanol–water partition coefficient (Wildman–Crippen LogP) is 3.74. The van der Waals surface area contributed by atoms with Crippen LogP contribution in [0.3, 0.4) is 0 Å². The molecule has 0 radical (unpaired) electrons. The van der Waals surface area contributed by atoms with Crippen LogP contribution in [-0.4, -0.2) is 54.9 Å². The molecule has 0 amide bonds. The maximum Gasteiger partial charge on any atom is 0.419 e. The van der Waals surface area contributed by atoms with Crippen molar-refractivity contribution in [3.05, 3.63) is 29.3 Å². The molecule has 182 valence electrons. The molecule has 0 spiro atoms. The molecule has 1 aliphatic rings. The minimum atomic E-state index is -4.55. The molecule has 0 aromatic heterocycles. The lowest BCUT2D eigenvalue weighted by Crippen LogP contribution is -2.46. The first kappa shape index (κ1) is 28.8. The summed E-state index contributed by atoms with van der Waals surface area (Å²) in [7, 11) is -0.417. The molecule has 1 fully saturated rings. The van der Waals surface area contributed by atoms with Gasteiger partial charge in [-0.2, -0.15) is 23.8 Å². The van der Waals surface area contributed by atoms with Crippen LogP contribution in [0.15, 0.2) is 28.4 Å². The maximum atomic E-state index is 13.5. The van der Waals surface area contributed by atoms with Crippen LogP contribution in [0.4, 0.5) is 13.2 Å². The number of rotatable bonds is 11. The number of nitrogens with zero attached hydrogens (tertiary/aromatic N) is 2. The Hall–Kier alpha value is -1.27. The van der Waals surface area contributed by atoms with Gasteiger partial charge in [-0.05, 0) is 30.9 Å². The molecule has 1 aliphatic heterocycles. The van der Waals surface area contributed by atoms with E-state index in [1.54, 1.807) is 18.5 Å². The van der Waals surface area contributed by atoms with Gasteiger partial charge in [-0.3, -0.25) is 10.3 Å². The zero-order valence-electron chi connectivity index (χ0n) is 18.0. The number of nitrogens with two attached hydrogens (primary N) is 1. The number of nitrogens with one attached hydrogen (secondary N) is 1. The zero-order chi connectivity index (χ0) is 23.8.